The molecule has 0 bridgehead atoms. The molecule has 0 radical (unpaired) electrons. The van der Waals surface area contributed by atoms with Gasteiger partial charge in [0.15, 0.2) is 5.82 Å². The summed E-state index contributed by atoms with van der Waals surface area (Å²) in [6.07, 6.45) is 0. The van der Waals surface area contributed by atoms with Crippen molar-refractivity contribution in [3.8, 4) is 0 Å². The van der Waals surface area contributed by atoms with Crippen molar-refractivity contribution in [3.63, 3.8) is 0 Å². The number of ether oxygens (including phenoxy) is 1. The molecule has 0 saturated carbocycles. The molecule has 0 fully saturated rings. The molecule has 0 unspecified atom stereocenters. The first-order valence-corrected chi connectivity index (χ1v) is 5.17. The number of aromatic nitrogens is 2. The lowest BCUT2D eigenvalue weighted by Crippen LogP contribution is -2.23. The van der Waals surface area contributed by atoms with E-state index in [1.807, 2.05) is 13.0 Å². The van der Waals surface area contributed by atoms with E-state index in [1.165, 1.54) is 0 Å². The van der Waals surface area contributed by atoms with Gasteiger partial charge < -0.3 is 10.1 Å². The molecule has 0 aliphatic carbocycles. The highest BCUT2D eigenvalue weighted by molar-refractivity contribution is 5.09. The lowest BCUT2D eigenvalue weighted by Gasteiger charge is -2.09. The second-order valence-corrected chi connectivity index (χ2v) is 3.89. The molecule has 1 rings (SSSR count). The van der Waals surface area contributed by atoms with Crippen LogP contribution in [-0.4, -0.2) is 23.1 Å². The average Bonchev–Trinajstić information content (AvgIpc) is 2.14. The molecule has 0 amide bonds. The van der Waals surface area contributed by atoms with Crippen LogP contribution in [0.25, 0.3) is 0 Å². The summed E-state index contributed by atoms with van der Waals surface area (Å²) in [5.41, 5.74) is 2.00. The summed E-state index contributed by atoms with van der Waals surface area (Å²) >= 11 is 0. The highest BCUT2D eigenvalue weighted by atomic mass is 16.5. The third-order valence-electron chi connectivity index (χ3n) is 1.92. The zero-order chi connectivity index (χ0) is 11.3. The van der Waals surface area contributed by atoms with Crippen molar-refractivity contribution in [1.82, 2.24) is 15.3 Å². The lowest BCUT2D eigenvalue weighted by molar-refractivity contribution is 0.177. The maximum Gasteiger partial charge on any atom is 0.154 e. The van der Waals surface area contributed by atoms with Crippen LogP contribution in [0.2, 0.25) is 0 Å². The Balaban J connectivity index is 2.70. The van der Waals surface area contributed by atoms with Gasteiger partial charge in [-0.25, -0.2) is 9.97 Å². The van der Waals surface area contributed by atoms with Crippen molar-refractivity contribution >= 4 is 0 Å². The van der Waals surface area contributed by atoms with E-state index in [0.717, 1.165) is 23.8 Å². The molecule has 1 N–H and O–H groups in total. The van der Waals surface area contributed by atoms with Gasteiger partial charge in [-0.1, -0.05) is 13.8 Å². The molecule has 4 nitrogen and oxygen atoms in total. The summed E-state index contributed by atoms with van der Waals surface area (Å²) in [7, 11) is 1.65. The molecule has 0 aromatic carbocycles. The minimum atomic E-state index is 0.464. The predicted molar refractivity (Wildman–Crippen MR) is 59.5 cm³/mol. The van der Waals surface area contributed by atoms with Crippen molar-refractivity contribution in [3.05, 3.63) is 23.3 Å². The number of hydrogen-bond donors (Lipinski definition) is 1. The third-order valence-corrected chi connectivity index (χ3v) is 1.92. The van der Waals surface area contributed by atoms with Crippen LogP contribution in [0.3, 0.4) is 0 Å². The number of aryl methyl sites for hydroxylation is 1. The van der Waals surface area contributed by atoms with Gasteiger partial charge in [0, 0.05) is 25.4 Å². The molecule has 84 valence electrons. The van der Waals surface area contributed by atoms with Gasteiger partial charge in [-0.05, 0) is 13.0 Å². The zero-order valence-corrected chi connectivity index (χ0v) is 9.87. The Morgan fingerprint density at radius 3 is 2.73 bits per heavy atom. The predicted octanol–water partition coefficient (Wildman–Crippen LogP) is 1.43. The van der Waals surface area contributed by atoms with Crippen LogP contribution in [0.15, 0.2) is 6.07 Å². The van der Waals surface area contributed by atoms with Gasteiger partial charge in [0.25, 0.3) is 0 Å². The largest absolute Gasteiger partial charge is 0.377 e. The highest BCUT2D eigenvalue weighted by Crippen LogP contribution is 2.02. The summed E-state index contributed by atoms with van der Waals surface area (Å²) in [5, 5.41) is 3.33. The fraction of sp³-hybridized carbons (Fsp3) is 0.636. The Morgan fingerprint density at radius 1 is 1.40 bits per heavy atom. The Bertz CT molecular complexity index is 313. The minimum Gasteiger partial charge on any atom is -0.377 e. The summed E-state index contributed by atoms with van der Waals surface area (Å²) < 4.78 is 5.02. The topological polar surface area (TPSA) is 47.0 Å². The quantitative estimate of drug-likeness (QED) is 0.797. The normalized spacial score (nSPS) is 11.0. The van der Waals surface area contributed by atoms with Crippen molar-refractivity contribution in [2.45, 2.75) is 40.0 Å². The van der Waals surface area contributed by atoms with Crippen molar-refractivity contribution < 1.29 is 4.74 Å². The number of nitrogens with zero attached hydrogens (tertiary/aromatic N) is 2. The monoisotopic (exact) mass is 209 g/mol. The van der Waals surface area contributed by atoms with Crippen molar-refractivity contribution in [1.29, 1.82) is 0 Å². The lowest BCUT2D eigenvalue weighted by atomic mass is 10.3. The zero-order valence-electron chi connectivity index (χ0n) is 9.87. The number of rotatable bonds is 5. The molecule has 0 aliphatic rings. The maximum absolute atomic E-state index is 5.02. The second-order valence-electron chi connectivity index (χ2n) is 3.89. The highest BCUT2D eigenvalue weighted by Gasteiger charge is 2.02. The number of methoxy groups -OCH3 is 1. The molecule has 1 aromatic heterocycles. The van der Waals surface area contributed by atoms with Crippen LogP contribution in [-0.2, 0) is 17.9 Å². The number of nitrogens with one attached hydrogen (secondary N) is 1. The van der Waals surface area contributed by atoms with E-state index >= 15 is 0 Å². The van der Waals surface area contributed by atoms with E-state index in [4.69, 9.17) is 4.74 Å². The summed E-state index contributed by atoms with van der Waals surface area (Å²) in [5.74, 6) is 0.748. The van der Waals surface area contributed by atoms with Crippen LogP contribution < -0.4 is 5.32 Å². The van der Waals surface area contributed by atoms with Crippen molar-refractivity contribution in [2.24, 2.45) is 0 Å². The average molecular weight is 209 g/mol. The van der Waals surface area contributed by atoms with Gasteiger partial charge in [0.2, 0.25) is 0 Å². The Kier molecular flexibility index (Phi) is 4.65. The first-order valence-electron chi connectivity index (χ1n) is 5.17. The molecule has 0 atom stereocenters. The Hall–Kier alpha value is -1.00. The van der Waals surface area contributed by atoms with Gasteiger partial charge in [-0.2, -0.15) is 0 Å². The molecular formula is C11H19N3O. The van der Waals surface area contributed by atoms with Gasteiger partial charge in [0.05, 0.1) is 5.69 Å². The molecular weight excluding hydrogens is 190 g/mol. The smallest absolute Gasteiger partial charge is 0.154 e. The molecule has 0 spiro atoms. The van der Waals surface area contributed by atoms with Gasteiger partial charge in [-0.15, -0.1) is 0 Å². The van der Waals surface area contributed by atoms with E-state index < -0.39 is 0 Å². The molecule has 15 heavy (non-hydrogen) atoms. The van der Waals surface area contributed by atoms with Crippen LogP contribution in [0.1, 0.15) is 31.1 Å². The van der Waals surface area contributed by atoms with E-state index in [0.29, 0.717) is 12.6 Å². The van der Waals surface area contributed by atoms with Crippen LogP contribution in [0.5, 0.6) is 0 Å². The van der Waals surface area contributed by atoms with Crippen molar-refractivity contribution in [2.75, 3.05) is 7.11 Å². The SMILES string of the molecule is COCc1nc(C)cc(CNC(C)C)n1. The standard InChI is InChI=1S/C11H19N3O/c1-8(2)12-6-10-5-9(3)13-11(14-10)7-15-4/h5,8,12H,6-7H2,1-4H3. The van der Waals surface area contributed by atoms with Gasteiger partial charge in [0.1, 0.15) is 6.61 Å². The van der Waals surface area contributed by atoms with E-state index in [9.17, 15) is 0 Å². The Morgan fingerprint density at radius 2 is 2.13 bits per heavy atom. The molecule has 1 aromatic rings. The van der Waals surface area contributed by atoms with E-state index in [1.54, 1.807) is 7.11 Å². The fourth-order valence-corrected chi connectivity index (χ4v) is 1.29. The molecule has 1 heterocycles. The first kappa shape index (κ1) is 12.1. The second kappa shape index (κ2) is 5.78. The van der Waals surface area contributed by atoms with Gasteiger partial charge >= 0.3 is 0 Å². The minimum absolute atomic E-state index is 0.464. The maximum atomic E-state index is 5.02. The van der Waals surface area contributed by atoms with E-state index in [2.05, 4.69) is 29.1 Å². The fourth-order valence-electron chi connectivity index (χ4n) is 1.29. The summed E-state index contributed by atoms with van der Waals surface area (Å²) in [4.78, 5) is 8.68. The first-order chi connectivity index (χ1) is 7.11. The summed E-state index contributed by atoms with van der Waals surface area (Å²) in [6.45, 7) is 7.45. The van der Waals surface area contributed by atoms with Crippen LogP contribution >= 0.6 is 0 Å². The summed E-state index contributed by atoms with van der Waals surface area (Å²) in [6, 6.07) is 2.46. The molecule has 4 heteroatoms. The number of hydrogen-bond acceptors (Lipinski definition) is 4. The molecule has 0 aliphatic heterocycles. The van der Waals surface area contributed by atoms with Crippen LogP contribution in [0, 0.1) is 6.92 Å². The Labute approximate surface area is 91.1 Å². The third kappa shape index (κ3) is 4.36. The van der Waals surface area contributed by atoms with Crippen LogP contribution in [0.4, 0.5) is 0 Å². The van der Waals surface area contributed by atoms with Gasteiger partial charge in [-0.3, -0.25) is 0 Å². The van der Waals surface area contributed by atoms with E-state index in [-0.39, 0.29) is 0 Å². The molecule has 0 saturated heterocycles.